The minimum atomic E-state index is -3.12. The van der Waals surface area contributed by atoms with Gasteiger partial charge in [-0.3, -0.25) is 14.5 Å². The third kappa shape index (κ3) is 6.40. The van der Waals surface area contributed by atoms with Crippen LogP contribution in [0.3, 0.4) is 0 Å². The number of piperazine rings is 1. The molecule has 1 amide bonds. The predicted molar refractivity (Wildman–Crippen MR) is 77.3 cm³/mol. The van der Waals surface area contributed by atoms with Crippen LogP contribution in [0.2, 0.25) is 0 Å². The third-order valence-corrected chi connectivity index (χ3v) is 4.36. The van der Waals surface area contributed by atoms with Crippen molar-refractivity contribution in [2.45, 2.75) is 12.5 Å². The van der Waals surface area contributed by atoms with Crippen LogP contribution in [-0.2, 0) is 24.2 Å². The van der Waals surface area contributed by atoms with E-state index >= 15 is 0 Å². The van der Waals surface area contributed by atoms with Gasteiger partial charge in [0.1, 0.15) is 9.84 Å². The maximum atomic E-state index is 12.1. The molecule has 1 atom stereocenters. The molecule has 0 aliphatic carbocycles. The third-order valence-electron chi connectivity index (χ3n) is 3.38. The van der Waals surface area contributed by atoms with Gasteiger partial charge < -0.3 is 15.4 Å². The Labute approximate surface area is 125 Å². The molecule has 21 heavy (non-hydrogen) atoms. The van der Waals surface area contributed by atoms with E-state index in [1.165, 1.54) is 7.11 Å². The summed E-state index contributed by atoms with van der Waals surface area (Å²) < 4.78 is 26.7. The smallest absolute Gasteiger partial charge is 0.319 e. The molecule has 1 aliphatic rings. The maximum Gasteiger partial charge on any atom is 0.319 e. The van der Waals surface area contributed by atoms with E-state index in [1.807, 2.05) is 4.90 Å². The number of rotatable bonds is 6. The number of carbonyl (C=O) groups excluding carboxylic acids is 2. The lowest BCUT2D eigenvalue weighted by Crippen LogP contribution is -2.54. The Morgan fingerprint density at radius 1 is 1.24 bits per heavy atom. The standard InChI is InChI=1S/C12H23N3O5S/c1-20-11(16)9-14-4-6-15(7-5-14)12(17)10(13)3-8-21(2,18)19/h10H,3-9,13H2,1-2H3. The molecule has 1 aliphatic heterocycles. The number of sulfone groups is 1. The molecule has 0 aromatic heterocycles. The Morgan fingerprint density at radius 3 is 2.29 bits per heavy atom. The summed E-state index contributed by atoms with van der Waals surface area (Å²) in [4.78, 5) is 26.8. The number of hydrogen-bond acceptors (Lipinski definition) is 7. The molecule has 122 valence electrons. The Kier molecular flexibility index (Phi) is 6.56. The van der Waals surface area contributed by atoms with Crippen molar-refractivity contribution in [3.63, 3.8) is 0 Å². The largest absolute Gasteiger partial charge is 0.468 e. The minimum absolute atomic E-state index is 0.0950. The second kappa shape index (κ2) is 7.71. The van der Waals surface area contributed by atoms with Crippen molar-refractivity contribution in [1.82, 2.24) is 9.80 Å². The molecular formula is C12H23N3O5S. The maximum absolute atomic E-state index is 12.1. The summed E-state index contributed by atoms with van der Waals surface area (Å²) >= 11 is 0. The van der Waals surface area contributed by atoms with Gasteiger partial charge in [0.15, 0.2) is 0 Å². The lowest BCUT2D eigenvalue weighted by molar-refractivity contribution is -0.142. The van der Waals surface area contributed by atoms with Crippen LogP contribution in [0.5, 0.6) is 0 Å². The highest BCUT2D eigenvalue weighted by atomic mass is 32.2. The van der Waals surface area contributed by atoms with Gasteiger partial charge in [-0.2, -0.15) is 0 Å². The topological polar surface area (TPSA) is 110 Å². The zero-order valence-corrected chi connectivity index (χ0v) is 13.3. The molecule has 0 radical (unpaired) electrons. The van der Waals surface area contributed by atoms with Crippen LogP contribution in [-0.4, -0.2) is 88.0 Å². The molecule has 1 unspecified atom stereocenters. The second-order valence-electron chi connectivity index (χ2n) is 5.20. The fourth-order valence-corrected chi connectivity index (χ4v) is 2.75. The lowest BCUT2D eigenvalue weighted by Gasteiger charge is -2.35. The molecule has 8 nitrogen and oxygen atoms in total. The monoisotopic (exact) mass is 321 g/mol. The highest BCUT2D eigenvalue weighted by molar-refractivity contribution is 7.90. The molecule has 1 rings (SSSR count). The average Bonchev–Trinajstić information content (AvgIpc) is 2.43. The van der Waals surface area contributed by atoms with Gasteiger partial charge in [-0.25, -0.2) is 8.42 Å². The average molecular weight is 321 g/mol. The van der Waals surface area contributed by atoms with Crippen molar-refractivity contribution in [2.24, 2.45) is 5.73 Å². The van der Waals surface area contributed by atoms with Crippen LogP contribution in [0.15, 0.2) is 0 Å². The van der Waals surface area contributed by atoms with E-state index in [1.54, 1.807) is 4.90 Å². The van der Waals surface area contributed by atoms with E-state index in [9.17, 15) is 18.0 Å². The van der Waals surface area contributed by atoms with E-state index in [4.69, 9.17) is 5.73 Å². The number of nitrogens with zero attached hydrogens (tertiary/aromatic N) is 2. The number of ether oxygens (including phenoxy) is 1. The minimum Gasteiger partial charge on any atom is -0.468 e. The lowest BCUT2D eigenvalue weighted by atomic mass is 10.2. The molecule has 9 heteroatoms. The second-order valence-corrected chi connectivity index (χ2v) is 7.46. The number of hydrogen-bond donors (Lipinski definition) is 1. The Balaban J connectivity index is 2.39. The first-order chi connectivity index (χ1) is 9.73. The highest BCUT2D eigenvalue weighted by Gasteiger charge is 2.26. The molecule has 2 N–H and O–H groups in total. The number of carbonyl (C=O) groups is 2. The molecule has 0 saturated carbocycles. The van der Waals surface area contributed by atoms with E-state index in [0.717, 1.165) is 6.26 Å². The molecular weight excluding hydrogens is 298 g/mol. The fourth-order valence-electron chi connectivity index (χ4n) is 2.07. The van der Waals surface area contributed by atoms with E-state index < -0.39 is 15.9 Å². The SMILES string of the molecule is COC(=O)CN1CCN(C(=O)C(N)CCS(C)(=O)=O)CC1. The Morgan fingerprint density at radius 2 is 1.81 bits per heavy atom. The van der Waals surface area contributed by atoms with Crippen LogP contribution in [0.25, 0.3) is 0 Å². The molecule has 0 bridgehead atoms. The first-order valence-electron chi connectivity index (χ1n) is 6.74. The number of amides is 1. The van der Waals surface area contributed by atoms with Crippen molar-refractivity contribution in [3.05, 3.63) is 0 Å². The predicted octanol–water partition coefficient (Wildman–Crippen LogP) is -1.93. The summed E-state index contributed by atoms with van der Waals surface area (Å²) in [6.07, 6.45) is 1.25. The van der Waals surface area contributed by atoms with Crippen molar-refractivity contribution >= 4 is 21.7 Å². The van der Waals surface area contributed by atoms with Crippen molar-refractivity contribution in [1.29, 1.82) is 0 Å². The Hall–Kier alpha value is -1.19. The van der Waals surface area contributed by atoms with Gasteiger partial charge in [-0.05, 0) is 6.42 Å². The molecule has 1 fully saturated rings. The summed E-state index contributed by atoms with van der Waals surface area (Å²) in [6, 6.07) is -0.799. The molecule has 1 heterocycles. The van der Waals surface area contributed by atoms with Crippen molar-refractivity contribution < 1.29 is 22.7 Å². The van der Waals surface area contributed by atoms with Gasteiger partial charge in [0.05, 0.1) is 25.4 Å². The normalized spacial score (nSPS) is 18.3. The highest BCUT2D eigenvalue weighted by Crippen LogP contribution is 2.06. The van der Waals surface area contributed by atoms with Crippen molar-refractivity contribution in [2.75, 3.05) is 51.8 Å². The first-order valence-corrected chi connectivity index (χ1v) is 8.80. The van der Waals surface area contributed by atoms with Gasteiger partial charge in [0.2, 0.25) is 5.91 Å². The molecule has 1 saturated heterocycles. The zero-order valence-electron chi connectivity index (χ0n) is 12.4. The fraction of sp³-hybridized carbons (Fsp3) is 0.833. The van der Waals surface area contributed by atoms with Gasteiger partial charge in [0, 0.05) is 32.4 Å². The quantitative estimate of drug-likeness (QED) is 0.567. The molecule has 0 aromatic rings. The summed E-state index contributed by atoms with van der Waals surface area (Å²) in [5, 5.41) is 0. The summed E-state index contributed by atoms with van der Waals surface area (Å²) in [5.74, 6) is -0.640. The first kappa shape index (κ1) is 17.9. The molecule has 0 spiro atoms. The van der Waals surface area contributed by atoms with Gasteiger partial charge in [0.25, 0.3) is 0 Å². The van der Waals surface area contributed by atoms with E-state index in [0.29, 0.717) is 26.2 Å². The van der Waals surface area contributed by atoms with Crippen LogP contribution in [0, 0.1) is 0 Å². The number of nitrogens with two attached hydrogens (primary N) is 1. The van der Waals surface area contributed by atoms with E-state index in [-0.39, 0.29) is 30.6 Å². The van der Waals surface area contributed by atoms with E-state index in [2.05, 4.69) is 4.74 Å². The van der Waals surface area contributed by atoms with Crippen LogP contribution < -0.4 is 5.73 Å². The van der Waals surface area contributed by atoms with Crippen LogP contribution >= 0.6 is 0 Å². The molecule has 0 aromatic carbocycles. The summed E-state index contributed by atoms with van der Waals surface area (Å²) in [7, 11) is -1.78. The van der Waals surface area contributed by atoms with Crippen LogP contribution in [0.4, 0.5) is 0 Å². The van der Waals surface area contributed by atoms with Crippen LogP contribution in [0.1, 0.15) is 6.42 Å². The number of esters is 1. The summed E-state index contributed by atoms with van der Waals surface area (Å²) in [6.45, 7) is 2.29. The number of methoxy groups -OCH3 is 1. The zero-order chi connectivity index (χ0) is 16.0. The Bertz CT molecular complexity index is 471. The van der Waals surface area contributed by atoms with Gasteiger partial charge >= 0.3 is 5.97 Å². The summed E-state index contributed by atoms with van der Waals surface area (Å²) in [5.41, 5.74) is 5.75. The van der Waals surface area contributed by atoms with Crippen molar-refractivity contribution in [3.8, 4) is 0 Å². The van der Waals surface area contributed by atoms with Gasteiger partial charge in [-0.15, -0.1) is 0 Å². The van der Waals surface area contributed by atoms with Gasteiger partial charge in [-0.1, -0.05) is 0 Å².